The predicted molar refractivity (Wildman–Crippen MR) is 78.2 cm³/mol. The molecule has 0 amide bonds. The Morgan fingerprint density at radius 3 is 2.74 bits per heavy atom. The summed E-state index contributed by atoms with van der Waals surface area (Å²) in [5.41, 5.74) is 4.58. The van der Waals surface area contributed by atoms with Gasteiger partial charge in [-0.1, -0.05) is 13.3 Å². The molecule has 0 bridgehead atoms. The van der Waals surface area contributed by atoms with Crippen molar-refractivity contribution in [2.45, 2.75) is 39.7 Å². The molecular weight excluding hydrogens is 236 g/mol. The molecule has 4 heteroatoms. The molecule has 19 heavy (non-hydrogen) atoms. The Balaban J connectivity index is 2.23. The SMILES string of the molecule is CCCC(Nc1cnn(C)c1C)c1cc(C)ccn1. The highest BCUT2D eigenvalue weighted by Gasteiger charge is 2.14. The number of rotatable bonds is 5. The molecular formula is C15H22N4. The van der Waals surface area contributed by atoms with Gasteiger partial charge in [-0.25, -0.2) is 0 Å². The van der Waals surface area contributed by atoms with E-state index in [1.54, 1.807) is 0 Å². The van der Waals surface area contributed by atoms with Crippen LogP contribution in [0.5, 0.6) is 0 Å². The molecule has 0 aliphatic heterocycles. The number of anilines is 1. The highest BCUT2D eigenvalue weighted by atomic mass is 15.3. The number of hydrogen-bond acceptors (Lipinski definition) is 3. The first kappa shape index (κ1) is 13.6. The van der Waals surface area contributed by atoms with Crippen molar-refractivity contribution in [2.75, 3.05) is 5.32 Å². The average Bonchev–Trinajstić information content (AvgIpc) is 2.70. The first-order valence-corrected chi connectivity index (χ1v) is 6.79. The molecule has 1 unspecified atom stereocenters. The Kier molecular flexibility index (Phi) is 4.20. The van der Waals surface area contributed by atoms with Crippen LogP contribution in [0.2, 0.25) is 0 Å². The fourth-order valence-electron chi connectivity index (χ4n) is 2.16. The van der Waals surface area contributed by atoms with Gasteiger partial charge < -0.3 is 5.32 Å². The van der Waals surface area contributed by atoms with Gasteiger partial charge in [0.1, 0.15) is 0 Å². The summed E-state index contributed by atoms with van der Waals surface area (Å²) in [5.74, 6) is 0. The molecule has 0 aliphatic rings. The maximum atomic E-state index is 4.50. The summed E-state index contributed by atoms with van der Waals surface area (Å²) in [6, 6.07) is 4.42. The van der Waals surface area contributed by atoms with Crippen molar-refractivity contribution in [3.63, 3.8) is 0 Å². The molecule has 2 aromatic heterocycles. The van der Waals surface area contributed by atoms with Gasteiger partial charge in [-0.3, -0.25) is 9.67 Å². The van der Waals surface area contributed by atoms with Crippen LogP contribution in [0.1, 0.15) is 42.8 Å². The lowest BCUT2D eigenvalue weighted by Crippen LogP contribution is -2.13. The zero-order valence-corrected chi connectivity index (χ0v) is 12.1. The van der Waals surface area contributed by atoms with Crippen molar-refractivity contribution < 1.29 is 0 Å². The Morgan fingerprint density at radius 2 is 2.16 bits per heavy atom. The third-order valence-electron chi connectivity index (χ3n) is 3.44. The molecule has 102 valence electrons. The molecule has 2 aromatic rings. The monoisotopic (exact) mass is 258 g/mol. The molecule has 2 rings (SSSR count). The van der Waals surface area contributed by atoms with E-state index in [2.05, 4.69) is 42.2 Å². The van der Waals surface area contributed by atoms with Crippen LogP contribution in [0, 0.1) is 13.8 Å². The molecule has 0 aliphatic carbocycles. The molecule has 0 spiro atoms. The number of hydrogen-bond donors (Lipinski definition) is 1. The number of aryl methyl sites for hydroxylation is 2. The van der Waals surface area contributed by atoms with Crippen molar-refractivity contribution in [1.82, 2.24) is 14.8 Å². The standard InChI is InChI=1S/C15H22N4/c1-5-6-13(14-9-11(2)7-8-16-14)18-15-10-17-19(4)12(15)3/h7-10,13,18H,5-6H2,1-4H3. The summed E-state index contributed by atoms with van der Waals surface area (Å²) in [5, 5.41) is 7.84. The van der Waals surface area contributed by atoms with Crippen LogP contribution in [-0.4, -0.2) is 14.8 Å². The van der Waals surface area contributed by atoms with E-state index >= 15 is 0 Å². The summed E-state index contributed by atoms with van der Waals surface area (Å²) >= 11 is 0. The van der Waals surface area contributed by atoms with Crippen LogP contribution in [0.25, 0.3) is 0 Å². The Bertz CT molecular complexity index is 545. The van der Waals surface area contributed by atoms with Gasteiger partial charge in [0.25, 0.3) is 0 Å². The quantitative estimate of drug-likeness (QED) is 0.894. The molecule has 0 radical (unpaired) electrons. The van der Waals surface area contributed by atoms with Crippen LogP contribution in [0.3, 0.4) is 0 Å². The maximum absolute atomic E-state index is 4.50. The lowest BCUT2D eigenvalue weighted by Gasteiger charge is -2.19. The van der Waals surface area contributed by atoms with E-state index in [-0.39, 0.29) is 6.04 Å². The van der Waals surface area contributed by atoms with Crippen molar-refractivity contribution in [1.29, 1.82) is 0 Å². The molecule has 1 N–H and O–H groups in total. The fraction of sp³-hybridized carbons (Fsp3) is 0.467. The van der Waals surface area contributed by atoms with Gasteiger partial charge >= 0.3 is 0 Å². The van der Waals surface area contributed by atoms with Gasteiger partial charge in [-0.15, -0.1) is 0 Å². The second-order valence-electron chi connectivity index (χ2n) is 5.01. The van der Waals surface area contributed by atoms with Gasteiger partial charge in [0.2, 0.25) is 0 Å². The van der Waals surface area contributed by atoms with Gasteiger partial charge in [0.15, 0.2) is 0 Å². The number of nitrogens with one attached hydrogen (secondary N) is 1. The third-order valence-corrected chi connectivity index (χ3v) is 3.44. The fourth-order valence-corrected chi connectivity index (χ4v) is 2.16. The van der Waals surface area contributed by atoms with Crippen LogP contribution in [0.15, 0.2) is 24.5 Å². The van der Waals surface area contributed by atoms with E-state index < -0.39 is 0 Å². The van der Waals surface area contributed by atoms with Gasteiger partial charge in [-0.05, 0) is 38.0 Å². The van der Waals surface area contributed by atoms with Crippen molar-refractivity contribution in [2.24, 2.45) is 7.05 Å². The molecule has 1 atom stereocenters. The molecule has 0 aromatic carbocycles. The number of aromatic nitrogens is 3. The maximum Gasteiger partial charge on any atom is 0.0761 e. The van der Waals surface area contributed by atoms with E-state index in [0.717, 1.165) is 29.9 Å². The molecule has 0 saturated heterocycles. The average molecular weight is 258 g/mol. The second-order valence-corrected chi connectivity index (χ2v) is 5.01. The molecule has 4 nitrogen and oxygen atoms in total. The third kappa shape index (κ3) is 3.13. The Labute approximate surface area is 114 Å². The molecule has 0 saturated carbocycles. The van der Waals surface area contributed by atoms with E-state index in [9.17, 15) is 0 Å². The van der Waals surface area contributed by atoms with Crippen LogP contribution >= 0.6 is 0 Å². The molecule has 0 fully saturated rings. The first-order chi connectivity index (χ1) is 9.11. The van der Waals surface area contributed by atoms with Gasteiger partial charge in [-0.2, -0.15) is 5.10 Å². The van der Waals surface area contributed by atoms with Crippen molar-refractivity contribution >= 4 is 5.69 Å². The van der Waals surface area contributed by atoms with Crippen LogP contribution < -0.4 is 5.32 Å². The Morgan fingerprint density at radius 1 is 1.37 bits per heavy atom. The predicted octanol–water partition coefficient (Wildman–Crippen LogP) is 3.39. The zero-order chi connectivity index (χ0) is 13.8. The minimum absolute atomic E-state index is 0.243. The molecule has 2 heterocycles. The lowest BCUT2D eigenvalue weighted by atomic mass is 10.1. The van der Waals surface area contributed by atoms with E-state index in [1.165, 1.54) is 5.56 Å². The topological polar surface area (TPSA) is 42.7 Å². The highest BCUT2D eigenvalue weighted by Crippen LogP contribution is 2.24. The van der Waals surface area contributed by atoms with Crippen LogP contribution in [-0.2, 0) is 7.05 Å². The highest BCUT2D eigenvalue weighted by molar-refractivity contribution is 5.47. The minimum Gasteiger partial charge on any atom is -0.374 e. The number of nitrogens with zero attached hydrogens (tertiary/aromatic N) is 3. The second kappa shape index (κ2) is 5.87. The zero-order valence-electron chi connectivity index (χ0n) is 12.1. The van der Waals surface area contributed by atoms with Gasteiger partial charge in [0.05, 0.1) is 29.3 Å². The largest absolute Gasteiger partial charge is 0.374 e. The minimum atomic E-state index is 0.243. The van der Waals surface area contributed by atoms with E-state index in [1.807, 2.05) is 30.2 Å². The van der Waals surface area contributed by atoms with E-state index in [0.29, 0.717) is 0 Å². The smallest absolute Gasteiger partial charge is 0.0761 e. The van der Waals surface area contributed by atoms with E-state index in [4.69, 9.17) is 0 Å². The summed E-state index contributed by atoms with van der Waals surface area (Å²) in [6.07, 6.45) is 5.94. The summed E-state index contributed by atoms with van der Waals surface area (Å²) in [7, 11) is 1.96. The van der Waals surface area contributed by atoms with Crippen molar-refractivity contribution in [3.05, 3.63) is 41.5 Å². The number of pyridine rings is 1. The first-order valence-electron chi connectivity index (χ1n) is 6.79. The summed E-state index contributed by atoms with van der Waals surface area (Å²) in [6.45, 7) is 6.37. The summed E-state index contributed by atoms with van der Waals surface area (Å²) < 4.78 is 1.88. The Hall–Kier alpha value is -1.84. The normalized spacial score (nSPS) is 12.4. The summed E-state index contributed by atoms with van der Waals surface area (Å²) in [4.78, 5) is 4.50. The van der Waals surface area contributed by atoms with Crippen LogP contribution in [0.4, 0.5) is 5.69 Å². The lowest BCUT2D eigenvalue weighted by molar-refractivity contribution is 0.658. The van der Waals surface area contributed by atoms with Gasteiger partial charge in [0, 0.05) is 13.2 Å². The van der Waals surface area contributed by atoms with Crippen molar-refractivity contribution in [3.8, 4) is 0 Å².